The van der Waals surface area contributed by atoms with Crippen molar-refractivity contribution in [3.8, 4) is 5.75 Å². The molecule has 0 bridgehead atoms. The Labute approximate surface area is 143 Å². The number of hydrogen-bond acceptors (Lipinski definition) is 4. The molecule has 0 heterocycles. The predicted octanol–water partition coefficient (Wildman–Crippen LogP) is 4.03. The predicted molar refractivity (Wildman–Crippen MR) is 92.7 cm³/mol. The molecular formula is C20H24O4. The highest BCUT2D eigenvalue weighted by Gasteiger charge is 2.14. The van der Waals surface area contributed by atoms with Crippen molar-refractivity contribution in [2.24, 2.45) is 0 Å². The Bertz CT molecular complexity index is 607. The van der Waals surface area contributed by atoms with E-state index in [1.54, 1.807) is 24.3 Å². The molecule has 0 radical (unpaired) electrons. The highest BCUT2D eigenvalue weighted by atomic mass is 16.5. The van der Waals surface area contributed by atoms with Gasteiger partial charge in [-0.15, -0.1) is 0 Å². The fourth-order valence-corrected chi connectivity index (χ4v) is 2.19. The molecule has 1 atom stereocenters. The van der Waals surface area contributed by atoms with Gasteiger partial charge in [-0.2, -0.15) is 0 Å². The third-order valence-electron chi connectivity index (χ3n) is 3.63. The Morgan fingerprint density at radius 3 is 2.46 bits per heavy atom. The van der Waals surface area contributed by atoms with Gasteiger partial charge in [0.05, 0.1) is 19.1 Å². The minimum Gasteiger partial charge on any atom is -0.489 e. The molecule has 128 valence electrons. The van der Waals surface area contributed by atoms with Gasteiger partial charge in [0, 0.05) is 0 Å². The van der Waals surface area contributed by atoms with Crippen LogP contribution in [0.4, 0.5) is 0 Å². The fraction of sp³-hybridized carbons (Fsp3) is 0.350. The SMILES string of the molecule is CCCCOC(=O)CC(O)c1ccc(OCc2ccccc2)cc1. The summed E-state index contributed by atoms with van der Waals surface area (Å²) in [7, 11) is 0. The van der Waals surface area contributed by atoms with Crippen LogP contribution in [0.2, 0.25) is 0 Å². The topological polar surface area (TPSA) is 55.8 Å². The Hall–Kier alpha value is -2.33. The molecular weight excluding hydrogens is 304 g/mol. The molecule has 2 rings (SSSR count). The summed E-state index contributed by atoms with van der Waals surface area (Å²) in [5.74, 6) is 0.348. The van der Waals surface area contributed by atoms with E-state index in [9.17, 15) is 9.90 Å². The number of esters is 1. The summed E-state index contributed by atoms with van der Waals surface area (Å²) in [6.45, 7) is 2.94. The van der Waals surface area contributed by atoms with Crippen molar-refractivity contribution in [2.45, 2.75) is 38.9 Å². The number of ether oxygens (including phenoxy) is 2. The lowest BCUT2D eigenvalue weighted by Gasteiger charge is -2.12. The first-order valence-electron chi connectivity index (χ1n) is 8.29. The van der Waals surface area contributed by atoms with Crippen molar-refractivity contribution < 1.29 is 19.4 Å². The first-order valence-corrected chi connectivity index (χ1v) is 8.29. The van der Waals surface area contributed by atoms with E-state index in [1.165, 1.54) is 0 Å². The molecule has 0 fully saturated rings. The van der Waals surface area contributed by atoms with Gasteiger partial charge in [-0.1, -0.05) is 55.8 Å². The molecule has 0 spiro atoms. The van der Waals surface area contributed by atoms with Crippen molar-refractivity contribution in [3.05, 3.63) is 65.7 Å². The number of unbranched alkanes of at least 4 members (excludes halogenated alkanes) is 1. The molecule has 2 aromatic rings. The van der Waals surface area contributed by atoms with Gasteiger partial charge in [0.15, 0.2) is 0 Å². The smallest absolute Gasteiger partial charge is 0.308 e. The second kappa shape index (κ2) is 9.73. The number of rotatable bonds is 9. The van der Waals surface area contributed by atoms with Crippen LogP contribution in [0, 0.1) is 0 Å². The summed E-state index contributed by atoms with van der Waals surface area (Å²) >= 11 is 0. The van der Waals surface area contributed by atoms with Crippen molar-refractivity contribution in [1.29, 1.82) is 0 Å². The van der Waals surface area contributed by atoms with E-state index in [2.05, 4.69) is 0 Å². The van der Waals surface area contributed by atoms with Crippen LogP contribution in [0.15, 0.2) is 54.6 Å². The maximum atomic E-state index is 11.6. The van der Waals surface area contributed by atoms with E-state index in [0.717, 1.165) is 24.2 Å². The molecule has 0 aliphatic rings. The van der Waals surface area contributed by atoms with Crippen LogP contribution in [0.1, 0.15) is 43.4 Å². The zero-order valence-corrected chi connectivity index (χ0v) is 14.0. The molecule has 2 aromatic carbocycles. The molecule has 0 amide bonds. The number of aliphatic hydroxyl groups is 1. The molecule has 1 unspecified atom stereocenters. The molecule has 24 heavy (non-hydrogen) atoms. The number of benzene rings is 2. The van der Waals surface area contributed by atoms with E-state index in [0.29, 0.717) is 18.8 Å². The van der Waals surface area contributed by atoms with Crippen LogP contribution in [0.3, 0.4) is 0 Å². The van der Waals surface area contributed by atoms with Crippen LogP contribution < -0.4 is 4.74 Å². The zero-order valence-electron chi connectivity index (χ0n) is 14.0. The lowest BCUT2D eigenvalue weighted by Crippen LogP contribution is -2.11. The first kappa shape index (κ1) is 18.0. The Morgan fingerprint density at radius 2 is 1.79 bits per heavy atom. The van der Waals surface area contributed by atoms with Gasteiger partial charge in [0.25, 0.3) is 0 Å². The number of carbonyl (C=O) groups is 1. The molecule has 0 aromatic heterocycles. The lowest BCUT2D eigenvalue weighted by molar-refractivity contribution is -0.146. The van der Waals surface area contributed by atoms with E-state index in [1.807, 2.05) is 37.3 Å². The fourth-order valence-electron chi connectivity index (χ4n) is 2.19. The van der Waals surface area contributed by atoms with Crippen LogP contribution >= 0.6 is 0 Å². The first-order chi connectivity index (χ1) is 11.7. The quantitative estimate of drug-likeness (QED) is 0.558. The van der Waals surface area contributed by atoms with Crippen molar-refractivity contribution in [2.75, 3.05) is 6.61 Å². The van der Waals surface area contributed by atoms with Crippen LogP contribution in [0.25, 0.3) is 0 Å². The summed E-state index contributed by atoms with van der Waals surface area (Å²) < 4.78 is 10.8. The Balaban J connectivity index is 1.81. The van der Waals surface area contributed by atoms with Crippen molar-refractivity contribution in [3.63, 3.8) is 0 Å². The number of hydrogen-bond donors (Lipinski definition) is 1. The maximum Gasteiger partial charge on any atom is 0.308 e. The van der Waals surface area contributed by atoms with Gasteiger partial charge in [-0.05, 0) is 29.7 Å². The standard InChI is InChI=1S/C20H24O4/c1-2-3-13-23-20(22)14-19(21)17-9-11-18(12-10-17)24-15-16-7-5-4-6-8-16/h4-12,19,21H,2-3,13-15H2,1H3. The third kappa shape index (κ3) is 6.05. The minimum absolute atomic E-state index is 0.0338. The molecule has 0 saturated heterocycles. The highest BCUT2D eigenvalue weighted by Crippen LogP contribution is 2.21. The van der Waals surface area contributed by atoms with E-state index < -0.39 is 6.10 Å². The highest BCUT2D eigenvalue weighted by molar-refractivity contribution is 5.70. The van der Waals surface area contributed by atoms with Crippen molar-refractivity contribution >= 4 is 5.97 Å². The minimum atomic E-state index is -0.859. The van der Waals surface area contributed by atoms with Gasteiger partial charge in [0.1, 0.15) is 12.4 Å². The van der Waals surface area contributed by atoms with Gasteiger partial charge >= 0.3 is 5.97 Å². The summed E-state index contributed by atoms with van der Waals surface area (Å²) in [6.07, 6.45) is 0.922. The molecule has 4 heteroatoms. The number of aliphatic hydroxyl groups excluding tert-OH is 1. The molecule has 0 aliphatic heterocycles. The van der Waals surface area contributed by atoms with Crippen molar-refractivity contribution in [1.82, 2.24) is 0 Å². The van der Waals surface area contributed by atoms with Gasteiger partial charge in [-0.25, -0.2) is 0 Å². The Morgan fingerprint density at radius 1 is 1.08 bits per heavy atom. The molecule has 4 nitrogen and oxygen atoms in total. The van der Waals surface area contributed by atoms with Gasteiger partial charge < -0.3 is 14.6 Å². The van der Waals surface area contributed by atoms with E-state index in [4.69, 9.17) is 9.47 Å². The zero-order chi connectivity index (χ0) is 17.2. The average Bonchev–Trinajstić information content (AvgIpc) is 2.61. The second-order valence-corrected chi connectivity index (χ2v) is 5.64. The normalized spacial score (nSPS) is 11.8. The molecule has 0 aliphatic carbocycles. The second-order valence-electron chi connectivity index (χ2n) is 5.64. The van der Waals surface area contributed by atoms with Crippen LogP contribution in [-0.4, -0.2) is 17.7 Å². The third-order valence-corrected chi connectivity index (χ3v) is 3.63. The average molecular weight is 328 g/mol. The van der Waals surface area contributed by atoms with Gasteiger partial charge in [-0.3, -0.25) is 4.79 Å². The molecule has 0 saturated carbocycles. The van der Waals surface area contributed by atoms with Gasteiger partial charge in [0.2, 0.25) is 0 Å². The number of carbonyl (C=O) groups excluding carboxylic acids is 1. The van der Waals surface area contributed by atoms with Crippen LogP contribution in [0.5, 0.6) is 5.75 Å². The molecule has 1 N–H and O–H groups in total. The summed E-state index contributed by atoms with van der Waals surface area (Å²) in [5, 5.41) is 10.1. The summed E-state index contributed by atoms with van der Waals surface area (Å²) in [6, 6.07) is 17.0. The summed E-state index contributed by atoms with van der Waals surface area (Å²) in [4.78, 5) is 11.6. The van der Waals surface area contributed by atoms with E-state index in [-0.39, 0.29) is 12.4 Å². The summed E-state index contributed by atoms with van der Waals surface area (Å²) in [5.41, 5.74) is 1.77. The van der Waals surface area contributed by atoms with Crippen LogP contribution in [-0.2, 0) is 16.1 Å². The largest absolute Gasteiger partial charge is 0.489 e. The monoisotopic (exact) mass is 328 g/mol. The van der Waals surface area contributed by atoms with E-state index >= 15 is 0 Å². The lowest BCUT2D eigenvalue weighted by atomic mass is 10.1. The maximum absolute atomic E-state index is 11.6. The Kier molecular flexibility index (Phi) is 7.30.